The zero-order valence-corrected chi connectivity index (χ0v) is 21.3. The van der Waals surface area contributed by atoms with Crippen molar-refractivity contribution in [3.8, 4) is 11.1 Å². The van der Waals surface area contributed by atoms with E-state index in [4.69, 9.17) is 11.6 Å². The van der Waals surface area contributed by atoms with Crippen molar-refractivity contribution in [1.29, 1.82) is 0 Å². The second-order valence-electron chi connectivity index (χ2n) is 8.60. The van der Waals surface area contributed by atoms with Gasteiger partial charge in [0.05, 0.1) is 6.42 Å². The van der Waals surface area contributed by atoms with Crippen LogP contribution in [0.3, 0.4) is 0 Å². The summed E-state index contributed by atoms with van der Waals surface area (Å²) >= 11 is 6.24. The highest BCUT2D eigenvalue weighted by Crippen LogP contribution is 2.29. The molecule has 0 spiro atoms. The lowest BCUT2D eigenvalue weighted by Gasteiger charge is -2.24. The van der Waals surface area contributed by atoms with Crippen molar-refractivity contribution in [2.24, 2.45) is 0 Å². The van der Waals surface area contributed by atoms with Gasteiger partial charge >= 0.3 is 5.97 Å². The Morgan fingerprint density at radius 2 is 1.50 bits per heavy atom. The van der Waals surface area contributed by atoms with E-state index in [9.17, 15) is 19.5 Å². The molecule has 4 rings (SSSR count). The molecule has 0 saturated carbocycles. The maximum absolute atomic E-state index is 13.8. The number of nitrogens with zero attached hydrogens (tertiary/aromatic N) is 2. The first kappa shape index (κ1) is 26.6. The lowest BCUT2D eigenvalue weighted by Crippen LogP contribution is -2.33. The Hall–Kier alpha value is -4.49. The summed E-state index contributed by atoms with van der Waals surface area (Å²) in [6, 6.07) is 25.0. The number of halogens is 1. The molecule has 7 nitrogen and oxygen atoms in total. The Morgan fingerprint density at radius 1 is 0.842 bits per heavy atom. The maximum Gasteiger partial charge on any atom is 0.305 e. The minimum absolute atomic E-state index is 0.0252. The molecule has 192 valence electrons. The Balaban J connectivity index is 1.64. The number of carbonyl (C=O) groups is 3. The van der Waals surface area contributed by atoms with Crippen molar-refractivity contribution in [3.63, 3.8) is 0 Å². The van der Waals surface area contributed by atoms with E-state index in [1.807, 2.05) is 24.3 Å². The van der Waals surface area contributed by atoms with E-state index in [2.05, 4.69) is 10.3 Å². The summed E-state index contributed by atoms with van der Waals surface area (Å²) in [6.07, 6.45) is 3.08. The van der Waals surface area contributed by atoms with Gasteiger partial charge in [-0.15, -0.1) is 0 Å². The van der Waals surface area contributed by atoms with Crippen LogP contribution in [0.5, 0.6) is 0 Å². The summed E-state index contributed by atoms with van der Waals surface area (Å²) < 4.78 is 0. The molecule has 0 aliphatic heterocycles. The standard InChI is InChI=1S/C30H26ClN3O4/c31-27-14-6-1-9-22(27)19-33-29(37)25-12-4-2-10-23(25)24-11-3-5-13-26(24)30(38)34(17-15-28(35)36)20-21-8-7-16-32-18-21/h1-14,16,18H,15,17,19-20H2,(H,33,37)(H,35,36). The Kier molecular flexibility index (Phi) is 8.85. The molecule has 0 aliphatic rings. The van der Waals surface area contributed by atoms with Crippen LogP contribution in [0, 0.1) is 0 Å². The summed E-state index contributed by atoms with van der Waals surface area (Å²) in [5.74, 6) is -1.64. The normalized spacial score (nSPS) is 10.6. The van der Waals surface area contributed by atoms with Gasteiger partial charge < -0.3 is 15.3 Å². The molecular weight excluding hydrogens is 502 g/mol. The first-order valence-electron chi connectivity index (χ1n) is 12.0. The van der Waals surface area contributed by atoms with E-state index in [1.165, 1.54) is 4.90 Å². The van der Waals surface area contributed by atoms with Gasteiger partial charge in [-0.05, 0) is 46.5 Å². The number of hydrogen-bond donors (Lipinski definition) is 2. The average Bonchev–Trinajstić information content (AvgIpc) is 2.94. The number of nitrogens with one attached hydrogen (secondary N) is 1. The van der Waals surface area contributed by atoms with Crippen LogP contribution in [0.4, 0.5) is 0 Å². The number of aliphatic carboxylic acids is 1. The van der Waals surface area contributed by atoms with Gasteiger partial charge in [0.15, 0.2) is 0 Å². The topological polar surface area (TPSA) is 99.6 Å². The quantitative estimate of drug-likeness (QED) is 0.286. The SMILES string of the molecule is O=C(O)CCN(Cc1cccnc1)C(=O)c1ccccc1-c1ccccc1C(=O)NCc1ccccc1Cl. The second kappa shape index (κ2) is 12.7. The third-order valence-corrected chi connectivity index (χ3v) is 6.36. The molecule has 2 amide bonds. The van der Waals surface area contributed by atoms with Crippen molar-refractivity contribution in [3.05, 3.63) is 125 Å². The molecule has 0 atom stereocenters. The Morgan fingerprint density at radius 3 is 2.18 bits per heavy atom. The fourth-order valence-electron chi connectivity index (χ4n) is 4.10. The summed E-state index contributed by atoms with van der Waals surface area (Å²) in [4.78, 5) is 43.9. The fourth-order valence-corrected chi connectivity index (χ4v) is 4.30. The summed E-state index contributed by atoms with van der Waals surface area (Å²) in [5.41, 5.74) is 3.51. The molecule has 2 N–H and O–H groups in total. The van der Waals surface area contributed by atoms with Crippen LogP contribution in [0.1, 0.15) is 38.3 Å². The van der Waals surface area contributed by atoms with Gasteiger partial charge in [-0.3, -0.25) is 19.4 Å². The van der Waals surface area contributed by atoms with E-state index < -0.39 is 5.97 Å². The monoisotopic (exact) mass is 527 g/mol. The molecule has 0 radical (unpaired) electrons. The van der Waals surface area contributed by atoms with Gasteiger partial charge in [0.25, 0.3) is 11.8 Å². The van der Waals surface area contributed by atoms with E-state index in [1.54, 1.807) is 73.1 Å². The van der Waals surface area contributed by atoms with Crippen LogP contribution in [0.15, 0.2) is 97.3 Å². The first-order valence-corrected chi connectivity index (χ1v) is 12.4. The highest BCUT2D eigenvalue weighted by Gasteiger charge is 2.23. The number of carbonyl (C=O) groups excluding carboxylic acids is 2. The number of hydrogen-bond acceptors (Lipinski definition) is 4. The largest absolute Gasteiger partial charge is 0.481 e. The number of carboxylic acid groups (broad SMARTS) is 1. The Labute approximate surface area is 225 Å². The number of amides is 2. The van der Waals surface area contributed by atoms with Crippen molar-refractivity contribution in [2.75, 3.05) is 6.54 Å². The number of rotatable bonds is 10. The van der Waals surface area contributed by atoms with Crippen LogP contribution in [0.25, 0.3) is 11.1 Å². The third-order valence-electron chi connectivity index (χ3n) is 6.00. The number of benzene rings is 3. The molecule has 38 heavy (non-hydrogen) atoms. The lowest BCUT2D eigenvalue weighted by atomic mass is 9.94. The molecule has 1 heterocycles. The highest BCUT2D eigenvalue weighted by molar-refractivity contribution is 6.31. The lowest BCUT2D eigenvalue weighted by molar-refractivity contribution is -0.137. The number of aromatic nitrogens is 1. The molecular formula is C30H26ClN3O4. The second-order valence-corrected chi connectivity index (χ2v) is 9.00. The highest BCUT2D eigenvalue weighted by atomic mass is 35.5. The zero-order chi connectivity index (χ0) is 26.9. The van der Waals surface area contributed by atoms with Gasteiger partial charge in [-0.2, -0.15) is 0 Å². The van der Waals surface area contributed by atoms with Gasteiger partial charge in [0, 0.05) is 48.2 Å². The van der Waals surface area contributed by atoms with Gasteiger partial charge in [0.1, 0.15) is 0 Å². The molecule has 8 heteroatoms. The maximum atomic E-state index is 13.8. The predicted octanol–water partition coefficient (Wildman–Crippen LogP) is 5.45. The first-order chi connectivity index (χ1) is 18.4. The van der Waals surface area contributed by atoms with Crippen LogP contribution in [0.2, 0.25) is 5.02 Å². The molecule has 3 aromatic carbocycles. The molecule has 0 saturated heterocycles. The summed E-state index contributed by atoms with van der Waals surface area (Å²) in [7, 11) is 0. The van der Waals surface area contributed by atoms with Crippen LogP contribution in [-0.4, -0.2) is 39.3 Å². The minimum atomic E-state index is -0.997. The van der Waals surface area contributed by atoms with Crippen molar-refractivity contribution in [2.45, 2.75) is 19.5 Å². The third kappa shape index (κ3) is 6.63. The van der Waals surface area contributed by atoms with Gasteiger partial charge in [0.2, 0.25) is 0 Å². The van der Waals surface area contributed by atoms with Crippen LogP contribution < -0.4 is 5.32 Å². The summed E-state index contributed by atoms with van der Waals surface area (Å²) in [5, 5.41) is 12.7. The summed E-state index contributed by atoms with van der Waals surface area (Å²) in [6.45, 7) is 0.479. The van der Waals surface area contributed by atoms with Crippen molar-refractivity contribution < 1.29 is 19.5 Å². The van der Waals surface area contributed by atoms with Gasteiger partial charge in [-0.1, -0.05) is 72.3 Å². The van der Waals surface area contributed by atoms with Crippen LogP contribution in [-0.2, 0) is 17.9 Å². The Bertz CT molecular complexity index is 1440. The predicted molar refractivity (Wildman–Crippen MR) is 146 cm³/mol. The van der Waals surface area contributed by atoms with E-state index in [0.717, 1.165) is 11.1 Å². The van der Waals surface area contributed by atoms with E-state index in [0.29, 0.717) is 27.3 Å². The average molecular weight is 528 g/mol. The van der Waals surface area contributed by atoms with Crippen LogP contribution >= 0.6 is 11.6 Å². The van der Waals surface area contributed by atoms with E-state index in [-0.39, 0.29) is 37.9 Å². The molecule has 4 aromatic rings. The number of pyridine rings is 1. The smallest absolute Gasteiger partial charge is 0.305 e. The molecule has 0 bridgehead atoms. The van der Waals surface area contributed by atoms with Crippen molar-refractivity contribution >= 4 is 29.4 Å². The molecule has 0 fully saturated rings. The van der Waals surface area contributed by atoms with Crippen molar-refractivity contribution in [1.82, 2.24) is 15.2 Å². The zero-order valence-electron chi connectivity index (χ0n) is 20.5. The molecule has 0 unspecified atom stereocenters. The molecule has 1 aromatic heterocycles. The van der Waals surface area contributed by atoms with Gasteiger partial charge in [-0.25, -0.2) is 0 Å². The minimum Gasteiger partial charge on any atom is -0.481 e. The fraction of sp³-hybridized carbons (Fsp3) is 0.133. The molecule has 0 aliphatic carbocycles. The number of carboxylic acids is 1. The van der Waals surface area contributed by atoms with E-state index >= 15 is 0 Å².